The number of nitrogens with two attached hydrogens (primary N) is 1. The molecule has 1 aromatic rings. The molecule has 1 amide bonds. The van der Waals surface area contributed by atoms with E-state index < -0.39 is 10.0 Å². The van der Waals surface area contributed by atoms with Crippen molar-refractivity contribution in [1.29, 1.82) is 0 Å². The van der Waals surface area contributed by atoms with Crippen molar-refractivity contribution in [2.24, 2.45) is 22.9 Å². The number of amides is 1. The van der Waals surface area contributed by atoms with Gasteiger partial charge >= 0.3 is 0 Å². The van der Waals surface area contributed by atoms with Crippen LogP contribution in [0, 0.1) is 17.8 Å². The molecule has 2 bridgehead atoms. The van der Waals surface area contributed by atoms with Gasteiger partial charge in [0.15, 0.2) is 5.76 Å². The highest BCUT2D eigenvalue weighted by molar-refractivity contribution is 7.89. The van der Waals surface area contributed by atoms with Crippen molar-refractivity contribution in [3.05, 3.63) is 17.9 Å². The molecule has 21 heavy (non-hydrogen) atoms. The monoisotopic (exact) mass is 312 g/mol. The van der Waals surface area contributed by atoms with Gasteiger partial charge in [0.1, 0.15) is 0 Å². The first-order chi connectivity index (χ1) is 9.84. The Morgan fingerprint density at radius 1 is 1.38 bits per heavy atom. The molecule has 3 rings (SSSR count). The van der Waals surface area contributed by atoms with Crippen molar-refractivity contribution in [3.8, 4) is 0 Å². The molecule has 2 aliphatic carbocycles. The summed E-state index contributed by atoms with van der Waals surface area (Å²) in [4.78, 5) is 12.1. The predicted molar refractivity (Wildman–Crippen MR) is 75.9 cm³/mol. The highest BCUT2D eigenvalue weighted by atomic mass is 32.2. The number of carbonyl (C=O) groups excluding carboxylic acids is 1. The fourth-order valence-electron chi connectivity index (χ4n) is 3.89. The van der Waals surface area contributed by atoms with Crippen LogP contribution in [0.25, 0.3) is 0 Å². The van der Waals surface area contributed by atoms with E-state index in [1.54, 1.807) is 0 Å². The minimum atomic E-state index is -3.91. The summed E-state index contributed by atoms with van der Waals surface area (Å²) < 4.78 is 27.3. The summed E-state index contributed by atoms with van der Waals surface area (Å²) in [6.07, 6.45) is 5.03. The van der Waals surface area contributed by atoms with Gasteiger partial charge in [-0.2, -0.15) is 0 Å². The number of furan rings is 1. The molecule has 0 aliphatic heterocycles. The van der Waals surface area contributed by atoms with Crippen molar-refractivity contribution in [2.75, 3.05) is 0 Å². The summed E-state index contributed by atoms with van der Waals surface area (Å²) in [5, 5.41) is 7.49. The maximum Gasteiger partial charge on any atom is 0.287 e. The van der Waals surface area contributed by atoms with Crippen LogP contribution >= 0.6 is 0 Å². The van der Waals surface area contributed by atoms with Gasteiger partial charge in [-0.15, -0.1) is 0 Å². The Balaban J connectivity index is 1.65. The second-order valence-corrected chi connectivity index (χ2v) is 7.76. The van der Waals surface area contributed by atoms with E-state index in [0.29, 0.717) is 11.8 Å². The van der Waals surface area contributed by atoms with Crippen LogP contribution in [0.15, 0.2) is 21.6 Å². The zero-order chi connectivity index (χ0) is 15.2. The number of hydrogen-bond acceptors (Lipinski definition) is 4. The lowest BCUT2D eigenvalue weighted by Gasteiger charge is -2.28. The lowest BCUT2D eigenvalue weighted by molar-refractivity contribution is 0.0882. The van der Waals surface area contributed by atoms with Crippen molar-refractivity contribution in [1.82, 2.24) is 5.32 Å². The van der Waals surface area contributed by atoms with Gasteiger partial charge in [-0.25, -0.2) is 13.6 Å². The number of fused-ring (bicyclic) bond motifs is 2. The number of carbonyl (C=O) groups is 1. The van der Waals surface area contributed by atoms with Crippen LogP contribution in [0.1, 0.15) is 43.2 Å². The van der Waals surface area contributed by atoms with Gasteiger partial charge in [0.25, 0.3) is 15.9 Å². The largest absolute Gasteiger partial charge is 0.438 e. The van der Waals surface area contributed by atoms with E-state index in [-0.39, 0.29) is 22.8 Å². The van der Waals surface area contributed by atoms with Crippen molar-refractivity contribution in [3.63, 3.8) is 0 Å². The smallest absolute Gasteiger partial charge is 0.287 e. The highest BCUT2D eigenvalue weighted by Gasteiger charge is 2.42. The summed E-state index contributed by atoms with van der Waals surface area (Å²) in [6.45, 7) is 2.01. The quantitative estimate of drug-likeness (QED) is 0.879. The second-order valence-electron chi connectivity index (χ2n) is 6.26. The van der Waals surface area contributed by atoms with E-state index in [0.717, 1.165) is 5.92 Å². The summed E-state index contributed by atoms with van der Waals surface area (Å²) >= 11 is 0. The van der Waals surface area contributed by atoms with Crippen LogP contribution in [0.2, 0.25) is 0 Å². The third kappa shape index (κ3) is 2.85. The third-order valence-electron chi connectivity index (χ3n) is 4.88. The number of hydrogen-bond donors (Lipinski definition) is 2. The molecule has 0 spiro atoms. The number of nitrogens with one attached hydrogen (secondary N) is 1. The van der Waals surface area contributed by atoms with E-state index in [1.165, 1.54) is 37.8 Å². The molecule has 1 heterocycles. The van der Waals surface area contributed by atoms with Crippen LogP contribution in [-0.2, 0) is 10.0 Å². The molecule has 116 valence electrons. The molecule has 2 aliphatic rings. The van der Waals surface area contributed by atoms with Crippen molar-refractivity contribution in [2.45, 2.75) is 43.7 Å². The Labute approximate surface area is 124 Å². The Bertz CT molecular complexity index is 652. The van der Waals surface area contributed by atoms with Crippen LogP contribution < -0.4 is 10.5 Å². The minimum Gasteiger partial charge on any atom is -0.438 e. The Morgan fingerprint density at radius 2 is 2.14 bits per heavy atom. The van der Waals surface area contributed by atoms with Gasteiger partial charge in [0, 0.05) is 6.04 Å². The molecule has 3 N–H and O–H groups in total. The molecular formula is C14H20N2O4S. The number of sulfonamides is 1. The van der Waals surface area contributed by atoms with Crippen LogP contribution in [0.4, 0.5) is 0 Å². The van der Waals surface area contributed by atoms with E-state index in [9.17, 15) is 13.2 Å². The third-order valence-corrected chi connectivity index (χ3v) is 5.66. The van der Waals surface area contributed by atoms with Crippen molar-refractivity contribution < 1.29 is 17.6 Å². The van der Waals surface area contributed by atoms with Crippen molar-refractivity contribution >= 4 is 15.9 Å². The Kier molecular flexibility index (Phi) is 3.57. The van der Waals surface area contributed by atoms with Gasteiger partial charge < -0.3 is 9.73 Å². The first-order valence-electron chi connectivity index (χ1n) is 7.28. The fourth-order valence-corrected chi connectivity index (χ4v) is 4.35. The SMILES string of the molecule is C[C@H](NC(=O)c1ccc(S(N)(=O)=O)o1)[C@@H]1C[C@H]2CC[C@H]1C2. The first-order valence-corrected chi connectivity index (χ1v) is 8.82. The van der Waals surface area contributed by atoms with Gasteiger partial charge in [-0.3, -0.25) is 4.79 Å². The van der Waals surface area contributed by atoms with Gasteiger partial charge in [-0.05, 0) is 56.1 Å². The second kappa shape index (κ2) is 5.14. The van der Waals surface area contributed by atoms with E-state index in [1.807, 2.05) is 6.92 Å². The fraction of sp³-hybridized carbons (Fsp3) is 0.643. The van der Waals surface area contributed by atoms with Crippen LogP contribution in [-0.4, -0.2) is 20.4 Å². The predicted octanol–water partition coefficient (Wildman–Crippen LogP) is 1.48. The molecule has 2 saturated carbocycles. The normalized spacial score (nSPS) is 29.5. The summed E-state index contributed by atoms with van der Waals surface area (Å²) in [6, 6.07) is 2.60. The summed E-state index contributed by atoms with van der Waals surface area (Å²) in [5.74, 6) is 1.63. The molecule has 0 saturated heterocycles. The standard InChI is InChI=1S/C14H20N2O4S/c1-8(11-7-9-2-3-10(11)6-9)16-14(17)12-4-5-13(20-12)21(15,18)19/h4-5,8-11H,2-3,6-7H2,1H3,(H,16,17)(H2,15,18,19)/t8-,9-,10-,11-/m0/s1. The number of primary sulfonamides is 1. The summed E-state index contributed by atoms with van der Waals surface area (Å²) in [5.41, 5.74) is 0. The molecule has 0 aromatic carbocycles. The average Bonchev–Trinajstić information content (AvgIpc) is 3.13. The summed E-state index contributed by atoms with van der Waals surface area (Å²) in [7, 11) is -3.91. The molecule has 4 atom stereocenters. The maximum atomic E-state index is 12.1. The maximum absolute atomic E-state index is 12.1. The van der Waals surface area contributed by atoms with E-state index in [4.69, 9.17) is 9.56 Å². The Hall–Kier alpha value is -1.34. The first kappa shape index (κ1) is 14.6. The van der Waals surface area contributed by atoms with E-state index in [2.05, 4.69) is 5.32 Å². The van der Waals surface area contributed by atoms with Gasteiger partial charge in [-0.1, -0.05) is 6.42 Å². The molecule has 2 fully saturated rings. The van der Waals surface area contributed by atoms with Crippen LogP contribution in [0.5, 0.6) is 0 Å². The van der Waals surface area contributed by atoms with Crippen LogP contribution in [0.3, 0.4) is 0 Å². The molecule has 1 aromatic heterocycles. The van der Waals surface area contributed by atoms with E-state index >= 15 is 0 Å². The molecule has 6 nitrogen and oxygen atoms in total. The zero-order valence-corrected chi connectivity index (χ0v) is 12.7. The molecular weight excluding hydrogens is 292 g/mol. The number of rotatable bonds is 4. The topological polar surface area (TPSA) is 102 Å². The molecule has 0 unspecified atom stereocenters. The molecule has 7 heteroatoms. The zero-order valence-electron chi connectivity index (χ0n) is 11.9. The lowest BCUT2D eigenvalue weighted by Crippen LogP contribution is -2.40. The minimum absolute atomic E-state index is 0.0194. The highest BCUT2D eigenvalue weighted by Crippen LogP contribution is 2.49. The average molecular weight is 312 g/mol. The Morgan fingerprint density at radius 3 is 2.67 bits per heavy atom. The molecule has 0 radical (unpaired) electrons. The van der Waals surface area contributed by atoms with Gasteiger partial charge in [0.05, 0.1) is 0 Å². The lowest BCUT2D eigenvalue weighted by atomic mass is 9.84. The van der Waals surface area contributed by atoms with Gasteiger partial charge in [0.2, 0.25) is 5.09 Å².